The summed E-state index contributed by atoms with van der Waals surface area (Å²) in [5.74, 6) is 0.337. The van der Waals surface area contributed by atoms with Crippen molar-refractivity contribution in [1.29, 1.82) is 0 Å². The van der Waals surface area contributed by atoms with Crippen LogP contribution in [0.25, 0.3) is 11.3 Å². The predicted octanol–water partition coefficient (Wildman–Crippen LogP) is 1.84. The molecule has 2 aliphatic heterocycles. The molecule has 1 amide bonds. The van der Waals surface area contributed by atoms with Crippen molar-refractivity contribution in [3.8, 4) is 11.3 Å². The van der Waals surface area contributed by atoms with Crippen LogP contribution in [0.1, 0.15) is 41.9 Å². The molecule has 2 aliphatic rings. The number of nitrogens with zero attached hydrogens (tertiary/aromatic N) is 3. The van der Waals surface area contributed by atoms with Gasteiger partial charge in [0, 0.05) is 44.7 Å². The van der Waals surface area contributed by atoms with E-state index in [2.05, 4.69) is 15.6 Å². The summed E-state index contributed by atoms with van der Waals surface area (Å²) < 4.78 is 18.6. The van der Waals surface area contributed by atoms with Gasteiger partial charge >= 0.3 is 0 Å². The van der Waals surface area contributed by atoms with Gasteiger partial charge in [-0.1, -0.05) is 5.16 Å². The highest BCUT2D eigenvalue weighted by Crippen LogP contribution is 2.34. The lowest BCUT2D eigenvalue weighted by Gasteiger charge is -2.43. The second-order valence-electron chi connectivity index (χ2n) is 7.15. The average Bonchev–Trinajstić information content (AvgIpc) is 3.24. The predicted molar refractivity (Wildman–Crippen MR) is 92.7 cm³/mol. The maximum absolute atomic E-state index is 12.6. The molecular formula is C18H24N4O4. The first kappa shape index (κ1) is 17.2. The Kier molecular flexibility index (Phi) is 4.54. The summed E-state index contributed by atoms with van der Waals surface area (Å²) in [7, 11) is 1.86. The summed E-state index contributed by atoms with van der Waals surface area (Å²) in [5, 5.41) is 11.2. The number of nitrogens with one attached hydrogen (secondary N) is 1. The zero-order chi connectivity index (χ0) is 18.1. The zero-order valence-electron chi connectivity index (χ0n) is 15.2. The van der Waals surface area contributed by atoms with Gasteiger partial charge in [-0.15, -0.1) is 0 Å². The van der Waals surface area contributed by atoms with Crippen LogP contribution >= 0.6 is 0 Å². The van der Waals surface area contributed by atoms with E-state index in [1.165, 1.54) is 0 Å². The largest absolute Gasteiger partial charge is 0.381 e. The Bertz CT molecular complexity index is 785. The highest BCUT2D eigenvalue weighted by atomic mass is 16.5. The number of amides is 1. The Morgan fingerprint density at radius 3 is 2.88 bits per heavy atom. The molecule has 2 aromatic heterocycles. The second-order valence-corrected chi connectivity index (χ2v) is 7.15. The fourth-order valence-electron chi connectivity index (χ4n) is 3.75. The molecule has 0 radical (unpaired) electrons. The van der Waals surface area contributed by atoms with E-state index in [1.54, 1.807) is 16.9 Å². The number of rotatable bonds is 3. The Morgan fingerprint density at radius 2 is 2.15 bits per heavy atom. The average molecular weight is 360 g/mol. The third-order valence-corrected chi connectivity index (χ3v) is 5.48. The van der Waals surface area contributed by atoms with Gasteiger partial charge in [0.1, 0.15) is 0 Å². The van der Waals surface area contributed by atoms with Gasteiger partial charge in [0.25, 0.3) is 5.91 Å². The molecule has 0 saturated carbocycles. The van der Waals surface area contributed by atoms with Gasteiger partial charge in [0.05, 0.1) is 17.4 Å². The van der Waals surface area contributed by atoms with E-state index in [0.29, 0.717) is 12.4 Å². The zero-order valence-corrected chi connectivity index (χ0v) is 15.2. The Balaban J connectivity index is 1.43. The molecule has 2 aromatic rings. The summed E-state index contributed by atoms with van der Waals surface area (Å²) in [6.45, 7) is 4.04. The van der Waals surface area contributed by atoms with Crippen molar-refractivity contribution in [2.24, 2.45) is 7.05 Å². The molecule has 0 aliphatic carbocycles. The van der Waals surface area contributed by atoms with Gasteiger partial charge < -0.3 is 19.3 Å². The highest BCUT2D eigenvalue weighted by molar-refractivity contribution is 5.93. The quantitative estimate of drug-likeness (QED) is 0.898. The number of aryl methyl sites for hydroxylation is 1. The van der Waals surface area contributed by atoms with Crippen molar-refractivity contribution in [2.75, 3.05) is 19.8 Å². The van der Waals surface area contributed by atoms with Crippen molar-refractivity contribution in [3.05, 3.63) is 23.7 Å². The molecule has 2 saturated heterocycles. The molecule has 2 fully saturated rings. The number of aromatic nitrogens is 3. The number of hydrogen-bond donors (Lipinski definition) is 1. The third-order valence-electron chi connectivity index (χ3n) is 5.48. The molecule has 1 atom stereocenters. The minimum atomic E-state index is -0.212. The lowest BCUT2D eigenvalue weighted by atomic mass is 9.84. The van der Waals surface area contributed by atoms with Crippen LogP contribution in [0.15, 0.2) is 16.8 Å². The maximum Gasteiger partial charge on any atom is 0.273 e. The second kappa shape index (κ2) is 6.85. The van der Waals surface area contributed by atoms with Crippen molar-refractivity contribution < 1.29 is 18.8 Å². The first-order valence-electron chi connectivity index (χ1n) is 9.05. The fourth-order valence-corrected chi connectivity index (χ4v) is 3.75. The van der Waals surface area contributed by atoms with E-state index in [1.807, 2.05) is 14.0 Å². The monoisotopic (exact) mass is 360 g/mol. The number of ether oxygens (including phenoxy) is 2. The first-order chi connectivity index (χ1) is 12.6. The molecule has 1 spiro atoms. The van der Waals surface area contributed by atoms with Gasteiger partial charge in [0.2, 0.25) is 0 Å². The van der Waals surface area contributed by atoms with Gasteiger partial charge in [-0.25, -0.2) is 0 Å². The maximum atomic E-state index is 12.6. The van der Waals surface area contributed by atoms with E-state index < -0.39 is 0 Å². The summed E-state index contributed by atoms with van der Waals surface area (Å²) in [5.41, 5.74) is 1.93. The van der Waals surface area contributed by atoms with Crippen molar-refractivity contribution in [1.82, 2.24) is 20.3 Å². The number of hydrogen-bond acceptors (Lipinski definition) is 6. The lowest BCUT2D eigenvalue weighted by molar-refractivity contribution is -0.139. The molecule has 26 heavy (non-hydrogen) atoms. The highest BCUT2D eigenvalue weighted by Gasteiger charge is 2.39. The van der Waals surface area contributed by atoms with Gasteiger partial charge in [0.15, 0.2) is 11.5 Å². The Labute approximate surface area is 151 Å². The molecular weight excluding hydrogens is 336 g/mol. The van der Waals surface area contributed by atoms with Crippen molar-refractivity contribution in [2.45, 2.75) is 44.2 Å². The Morgan fingerprint density at radius 1 is 1.35 bits per heavy atom. The molecule has 1 N–H and O–H groups in total. The summed E-state index contributed by atoms with van der Waals surface area (Å²) in [4.78, 5) is 12.6. The fraction of sp³-hybridized carbons (Fsp3) is 0.611. The van der Waals surface area contributed by atoms with Crippen molar-refractivity contribution >= 4 is 5.91 Å². The molecule has 140 valence electrons. The number of carbonyl (C=O) groups is 1. The summed E-state index contributed by atoms with van der Waals surface area (Å²) in [6, 6.07) is 1.75. The standard InChI is InChI=1S/C18H24N4O4/c1-12-14(11-19-22(12)2)16-9-15(21-26-16)17(23)20-13-3-6-25-18(10-13)4-7-24-8-5-18/h9,11,13H,3-8,10H2,1-2H3,(H,20,23)/t13-/m0/s1. The first-order valence-corrected chi connectivity index (χ1v) is 9.05. The molecule has 0 bridgehead atoms. The van der Waals surface area contributed by atoms with Crippen LogP contribution in [-0.2, 0) is 16.5 Å². The van der Waals surface area contributed by atoms with Crippen molar-refractivity contribution in [3.63, 3.8) is 0 Å². The van der Waals surface area contributed by atoms with E-state index in [4.69, 9.17) is 14.0 Å². The van der Waals surface area contributed by atoms with Crippen LogP contribution in [0, 0.1) is 6.92 Å². The Hall–Kier alpha value is -2.19. The molecule has 0 aromatic carbocycles. The van der Waals surface area contributed by atoms with Crippen LogP contribution in [0.3, 0.4) is 0 Å². The van der Waals surface area contributed by atoms with Crippen LogP contribution in [0.4, 0.5) is 0 Å². The molecule has 8 nitrogen and oxygen atoms in total. The normalized spacial score (nSPS) is 22.5. The molecule has 4 rings (SSSR count). The molecule has 0 unspecified atom stereocenters. The number of carbonyl (C=O) groups excluding carboxylic acids is 1. The lowest BCUT2D eigenvalue weighted by Crippen LogP contribution is -2.51. The van der Waals surface area contributed by atoms with Gasteiger partial charge in [-0.05, 0) is 32.6 Å². The molecule has 8 heteroatoms. The minimum Gasteiger partial charge on any atom is -0.381 e. The van der Waals surface area contributed by atoms with Crippen LogP contribution in [0.5, 0.6) is 0 Å². The SMILES string of the molecule is Cc1c(-c2cc(C(=O)N[C@H]3CCOC4(CCOCC4)C3)no2)cnn1C. The summed E-state index contributed by atoms with van der Waals surface area (Å²) in [6.07, 6.45) is 5.10. The van der Waals surface area contributed by atoms with Crippen LogP contribution in [0.2, 0.25) is 0 Å². The third kappa shape index (κ3) is 3.26. The molecule has 4 heterocycles. The van der Waals surface area contributed by atoms with E-state index in [9.17, 15) is 4.79 Å². The van der Waals surface area contributed by atoms with Crippen LogP contribution in [-0.4, -0.2) is 52.3 Å². The van der Waals surface area contributed by atoms with Gasteiger partial charge in [-0.2, -0.15) is 5.10 Å². The topological polar surface area (TPSA) is 91.4 Å². The van der Waals surface area contributed by atoms with Crippen LogP contribution < -0.4 is 5.32 Å². The van der Waals surface area contributed by atoms with E-state index in [-0.39, 0.29) is 23.2 Å². The smallest absolute Gasteiger partial charge is 0.273 e. The minimum absolute atomic E-state index is 0.0784. The van der Waals surface area contributed by atoms with E-state index >= 15 is 0 Å². The summed E-state index contributed by atoms with van der Waals surface area (Å²) >= 11 is 0. The van der Waals surface area contributed by atoms with E-state index in [0.717, 1.165) is 50.2 Å². The van der Waals surface area contributed by atoms with Gasteiger partial charge in [-0.3, -0.25) is 9.48 Å².